The molecule has 0 aliphatic carbocycles. The summed E-state index contributed by atoms with van der Waals surface area (Å²) in [5, 5.41) is 53.4. The first kappa shape index (κ1) is 15.9. The molecule has 0 saturated carbocycles. The van der Waals surface area contributed by atoms with Crippen LogP contribution in [0.3, 0.4) is 0 Å². The lowest BCUT2D eigenvalue weighted by atomic mass is 9.94. The fourth-order valence-electron chi connectivity index (χ4n) is 2.25. The number of piperidine rings is 1. The van der Waals surface area contributed by atoms with Gasteiger partial charge in [0.2, 0.25) is 0 Å². The molecular weight excluding hydrogens is 276 g/mol. The number of hydrogen-bond donors (Lipinski definition) is 5. The lowest BCUT2D eigenvalue weighted by Gasteiger charge is -2.44. The smallest absolute Gasteiger partial charge is 0.171 e. The van der Waals surface area contributed by atoms with Crippen molar-refractivity contribution in [1.29, 1.82) is 0 Å². The van der Waals surface area contributed by atoms with Crippen LogP contribution in [0.1, 0.15) is 11.1 Å². The van der Waals surface area contributed by atoms with E-state index >= 15 is 0 Å². The maximum atomic E-state index is 9.93. The van der Waals surface area contributed by atoms with Crippen molar-refractivity contribution in [2.75, 3.05) is 6.61 Å². The average molecular weight is 296 g/mol. The van der Waals surface area contributed by atoms with Crippen molar-refractivity contribution in [2.24, 2.45) is 5.10 Å². The van der Waals surface area contributed by atoms with E-state index in [1.165, 1.54) is 6.21 Å². The first-order valence-corrected chi connectivity index (χ1v) is 6.68. The van der Waals surface area contributed by atoms with Crippen molar-refractivity contribution < 1.29 is 25.5 Å². The Morgan fingerprint density at radius 3 is 2.24 bits per heavy atom. The van der Waals surface area contributed by atoms with Crippen LogP contribution >= 0.6 is 0 Å². The molecule has 0 aromatic heterocycles. The summed E-state index contributed by atoms with van der Waals surface area (Å²) < 4.78 is 0. The van der Waals surface area contributed by atoms with Crippen molar-refractivity contribution in [3.63, 3.8) is 0 Å². The molecule has 5 N–H and O–H groups in total. The van der Waals surface area contributed by atoms with Gasteiger partial charge in [0.25, 0.3) is 0 Å². The van der Waals surface area contributed by atoms with Gasteiger partial charge in [-0.25, -0.2) is 0 Å². The highest BCUT2D eigenvalue weighted by atomic mass is 16.4. The van der Waals surface area contributed by atoms with Crippen molar-refractivity contribution in [3.8, 4) is 0 Å². The van der Waals surface area contributed by atoms with Crippen LogP contribution in [-0.4, -0.2) is 73.9 Å². The molecule has 1 fully saturated rings. The van der Waals surface area contributed by atoms with Gasteiger partial charge in [-0.2, -0.15) is 5.10 Å². The lowest BCUT2D eigenvalue weighted by molar-refractivity contribution is -0.222. The van der Waals surface area contributed by atoms with Crippen LogP contribution in [0.4, 0.5) is 0 Å². The summed E-state index contributed by atoms with van der Waals surface area (Å²) in [6, 6.07) is 6.44. The molecule has 116 valence electrons. The molecule has 7 heteroatoms. The lowest BCUT2D eigenvalue weighted by Crippen LogP contribution is -2.65. The number of hydrazone groups is 1. The molecule has 1 heterocycles. The fraction of sp³-hybridized carbons (Fsp3) is 0.500. The summed E-state index contributed by atoms with van der Waals surface area (Å²) in [6.45, 7) is 1.43. The quantitative estimate of drug-likeness (QED) is 0.429. The summed E-state index contributed by atoms with van der Waals surface area (Å²) in [4.78, 5) is 0. The molecule has 0 amide bonds. The van der Waals surface area contributed by atoms with Gasteiger partial charge in [0.15, 0.2) is 6.23 Å². The molecule has 0 radical (unpaired) electrons. The van der Waals surface area contributed by atoms with E-state index in [1.807, 2.05) is 31.2 Å². The van der Waals surface area contributed by atoms with Gasteiger partial charge in [-0.1, -0.05) is 29.8 Å². The average Bonchev–Trinajstić information content (AvgIpc) is 2.49. The second-order valence-electron chi connectivity index (χ2n) is 5.17. The Morgan fingerprint density at radius 2 is 1.67 bits per heavy atom. The molecule has 1 aliphatic heterocycles. The molecule has 5 atom stereocenters. The van der Waals surface area contributed by atoms with Gasteiger partial charge < -0.3 is 25.5 Å². The SMILES string of the molecule is Cc1ccc(/C=N/N2C(O)[C@H](O)[C@@H](O)[C@H](O)[C@H]2CO)cc1. The monoisotopic (exact) mass is 296 g/mol. The summed E-state index contributed by atoms with van der Waals surface area (Å²) in [5.41, 5.74) is 1.85. The second kappa shape index (κ2) is 6.50. The molecule has 0 bridgehead atoms. The Bertz CT molecular complexity index is 493. The van der Waals surface area contributed by atoms with Gasteiger partial charge in [0.05, 0.1) is 12.8 Å². The third-order valence-electron chi connectivity index (χ3n) is 3.61. The van der Waals surface area contributed by atoms with Crippen LogP contribution < -0.4 is 0 Å². The fourth-order valence-corrected chi connectivity index (χ4v) is 2.25. The van der Waals surface area contributed by atoms with Crippen molar-refractivity contribution in [1.82, 2.24) is 5.01 Å². The highest BCUT2D eigenvalue weighted by Gasteiger charge is 2.46. The van der Waals surface area contributed by atoms with Crippen LogP contribution in [0.15, 0.2) is 29.4 Å². The minimum Gasteiger partial charge on any atom is -0.394 e. The molecule has 1 aromatic carbocycles. The normalized spacial score (nSPS) is 33.6. The number of rotatable bonds is 3. The molecule has 7 nitrogen and oxygen atoms in total. The third kappa shape index (κ3) is 3.22. The second-order valence-corrected chi connectivity index (χ2v) is 5.17. The molecule has 0 spiro atoms. The van der Waals surface area contributed by atoms with E-state index < -0.39 is 37.2 Å². The Hall–Kier alpha value is -1.51. The topological polar surface area (TPSA) is 117 Å². The number of nitrogens with zero attached hydrogens (tertiary/aromatic N) is 2. The molecule has 1 aliphatic rings. The van der Waals surface area contributed by atoms with E-state index in [4.69, 9.17) is 0 Å². The van der Waals surface area contributed by atoms with E-state index in [0.29, 0.717) is 0 Å². The highest BCUT2D eigenvalue weighted by molar-refractivity contribution is 5.79. The summed E-state index contributed by atoms with van der Waals surface area (Å²) in [6.07, 6.45) is -4.59. The zero-order chi connectivity index (χ0) is 15.6. The number of benzene rings is 1. The Labute approximate surface area is 122 Å². The van der Waals surface area contributed by atoms with E-state index in [-0.39, 0.29) is 0 Å². The Morgan fingerprint density at radius 1 is 1.05 bits per heavy atom. The standard InChI is InChI=1S/C14H20N2O5/c1-8-2-4-9(5-3-8)6-15-16-10(7-17)11(18)12(19)13(20)14(16)21/h2-6,10-14,17-21H,7H2,1H3/b15-6+/t10-,11-,12+,13-,14?/m1/s1. The summed E-state index contributed by atoms with van der Waals surface area (Å²) in [5.74, 6) is 0. The number of hydrogen-bond acceptors (Lipinski definition) is 7. The predicted molar refractivity (Wildman–Crippen MR) is 75.5 cm³/mol. The van der Waals surface area contributed by atoms with Crippen molar-refractivity contribution in [2.45, 2.75) is 37.5 Å². The number of aliphatic hydroxyl groups excluding tert-OH is 5. The molecular formula is C14H20N2O5. The molecule has 1 unspecified atom stereocenters. The molecule has 1 aromatic rings. The Kier molecular flexibility index (Phi) is 4.92. The minimum atomic E-state index is -1.57. The van der Waals surface area contributed by atoms with Gasteiger partial charge >= 0.3 is 0 Å². The van der Waals surface area contributed by atoms with Crippen LogP contribution in [0.25, 0.3) is 0 Å². The largest absolute Gasteiger partial charge is 0.394 e. The number of aliphatic hydroxyl groups is 5. The summed E-state index contributed by atoms with van der Waals surface area (Å²) >= 11 is 0. The zero-order valence-electron chi connectivity index (χ0n) is 11.6. The maximum absolute atomic E-state index is 9.93. The van der Waals surface area contributed by atoms with Gasteiger partial charge in [0, 0.05) is 0 Å². The van der Waals surface area contributed by atoms with E-state index in [9.17, 15) is 25.5 Å². The van der Waals surface area contributed by atoms with Gasteiger partial charge in [0.1, 0.15) is 24.4 Å². The highest BCUT2D eigenvalue weighted by Crippen LogP contribution is 2.23. The maximum Gasteiger partial charge on any atom is 0.171 e. The molecule has 2 rings (SSSR count). The van der Waals surface area contributed by atoms with E-state index in [0.717, 1.165) is 16.1 Å². The van der Waals surface area contributed by atoms with Crippen LogP contribution in [0, 0.1) is 6.92 Å². The minimum absolute atomic E-state index is 0.521. The molecule has 21 heavy (non-hydrogen) atoms. The van der Waals surface area contributed by atoms with E-state index in [1.54, 1.807) is 0 Å². The molecule has 1 saturated heterocycles. The zero-order valence-corrected chi connectivity index (χ0v) is 11.6. The van der Waals surface area contributed by atoms with Crippen LogP contribution in [-0.2, 0) is 0 Å². The summed E-state index contributed by atoms with van der Waals surface area (Å²) in [7, 11) is 0. The first-order valence-electron chi connectivity index (χ1n) is 6.68. The van der Waals surface area contributed by atoms with Crippen molar-refractivity contribution >= 4 is 6.21 Å². The predicted octanol–water partition coefficient (Wildman–Crippen LogP) is -1.59. The van der Waals surface area contributed by atoms with Gasteiger partial charge in [-0.3, -0.25) is 5.01 Å². The van der Waals surface area contributed by atoms with Crippen molar-refractivity contribution in [3.05, 3.63) is 35.4 Å². The Balaban J connectivity index is 2.20. The van der Waals surface area contributed by atoms with E-state index in [2.05, 4.69) is 5.10 Å². The van der Waals surface area contributed by atoms with Gasteiger partial charge in [-0.15, -0.1) is 0 Å². The van der Waals surface area contributed by atoms with Crippen LogP contribution in [0.5, 0.6) is 0 Å². The van der Waals surface area contributed by atoms with Crippen LogP contribution in [0.2, 0.25) is 0 Å². The number of aryl methyl sites for hydroxylation is 1. The van der Waals surface area contributed by atoms with Gasteiger partial charge in [-0.05, 0) is 12.5 Å². The first-order chi connectivity index (χ1) is 9.95. The third-order valence-corrected chi connectivity index (χ3v) is 3.61.